The van der Waals surface area contributed by atoms with E-state index in [0.29, 0.717) is 32.5 Å². The van der Waals surface area contributed by atoms with E-state index < -0.39 is 5.60 Å². The van der Waals surface area contributed by atoms with E-state index in [2.05, 4.69) is 15.9 Å². The molecule has 1 saturated heterocycles. The van der Waals surface area contributed by atoms with E-state index in [-0.39, 0.29) is 24.6 Å². The van der Waals surface area contributed by atoms with Gasteiger partial charge in [0.25, 0.3) is 0 Å². The van der Waals surface area contributed by atoms with Gasteiger partial charge in [0.1, 0.15) is 24.6 Å². The fourth-order valence-electron chi connectivity index (χ4n) is 2.60. The Kier molecular flexibility index (Phi) is 7.32. The van der Waals surface area contributed by atoms with Gasteiger partial charge in [0.15, 0.2) is 0 Å². The Hall–Kier alpha value is -1.76. The van der Waals surface area contributed by atoms with Crippen molar-refractivity contribution in [2.75, 3.05) is 26.3 Å². The number of piperidine rings is 1. The molecule has 1 aromatic rings. The number of nitrogens with zero attached hydrogens (tertiary/aromatic N) is 1. The summed E-state index contributed by atoms with van der Waals surface area (Å²) in [5.41, 5.74) is -0.513. The van der Waals surface area contributed by atoms with Crippen LogP contribution in [0.1, 0.15) is 33.6 Å². The van der Waals surface area contributed by atoms with Crippen LogP contribution in [0.25, 0.3) is 0 Å². The summed E-state index contributed by atoms with van der Waals surface area (Å²) in [5.74, 6) is 0.312. The monoisotopic (exact) mass is 427 g/mol. The normalized spacial score (nSPS) is 15.5. The van der Waals surface area contributed by atoms with Gasteiger partial charge in [-0.05, 0) is 51.8 Å². The van der Waals surface area contributed by atoms with Gasteiger partial charge in [-0.2, -0.15) is 0 Å². The molecule has 7 heteroatoms. The van der Waals surface area contributed by atoms with Gasteiger partial charge in [-0.1, -0.05) is 22.0 Å². The number of halogens is 1. The smallest absolute Gasteiger partial charge is 0.410 e. The number of carbonyl (C=O) groups excluding carboxylic acids is 2. The molecule has 1 fully saturated rings. The maximum absolute atomic E-state index is 12.1. The zero-order chi connectivity index (χ0) is 19.2. The second-order valence-corrected chi connectivity index (χ2v) is 8.13. The topological polar surface area (TPSA) is 65.1 Å². The Morgan fingerprint density at radius 3 is 2.50 bits per heavy atom. The lowest BCUT2D eigenvalue weighted by atomic mass is 9.97. The molecule has 1 heterocycles. The summed E-state index contributed by atoms with van der Waals surface area (Å²) in [6.07, 6.45) is 0.849. The fraction of sp³-hybridized carbons (Fsp3) is 0.579. The Morgan fingerprint density at radius 2 is 1.88 bits per heavy atom. The lowest BCUT2D eigenvalue weighted by molar-refractivity contribution is -0.150. The van der Waals surface area contributed by atoms with Gasteiger partial charge >= 0.3 is 12.1 Å². The van der Waals surface area contributed by atoms with E-state index >= 15 is 0 Å². The molecule has 0 atom stereocenters. The molecule has 1 aliphatic rings. The largest absolute Gasteiger partial charge is 0.490 e. The van der Waals surface area contributed by atoms with Gasteiger partial charge in [0, 0.05) is 17.6 Å². The van der Waals surface area contributed by atoms with Crippen LogP contribution in [0.2, 0.25) is 0 Å². The first-order chi connectivity index (χ1) is 12.2. The molecule has 6 nitrogen and oxygen atoms in total. The minimum absolute atomic E-state index is 0.181. The Bertz CT molecular complexity index is 621. The molecule has 0 aromatic heterocycles. The van der Waals surface area contributed by atoms with E-state index in [9.17, 15) is 9.59 Å². The number of hydrogen-bond donors (Lipinski definition) is 0. The van der Waals surface area contributed by atoms with Crippen LogP contribution in [0.4, 0.5) is 4.79 Å². The maximum Gasteiger partial charge on any atom is 0.410 e. The summed E-state index contributed by atoms with van der Waals surface area (Å²) < 4.78 is 17.1. The zero-order valence-corrected chi connectivity index (χ0v) is 17.1. The molecule has 0 unspecified atom stereocenters. The van der Waals surface area contributed by atoms with Crippen LogP contribution >= 0.6 is 15.9 Å². The number of benzene rings is 1. The highest BCUT2D eigenvalue weighted by Gasteiger charge is 2.30. The van der Waals surface area contributed by atoms with Gasteiger partial charge in [-0.25, -0.2) is 4.79 Å². The summed E-state index contributed by atoms with van der Waals surface area (Å²) in [4.78, 5) is 25.8. The number of likely N-dealkylation sites (tertiary alicyclic amines) is 1. The summed E-state index contributed by atoms with van der Waals surface area (Å²) in [5, 5.41) is 0. The fourth-order valence-corrected chi connectivity index (χ4v) is 2.98. The van der Waals surface area contributed by atoms with Crippen molar-refractivity contribution < 1.29 is 23.8 Å². The average molecular weight is 428 g/mol. The standard InChI is InChI=1S/C19H26BrNO5/c1-19(2,3)26-18(23)21-9-7-14(8-10-21)17(22)25-12-11-24-16-6-4-5-15(20)13-16/h4-6,13-14H,7-12H2,1-3H3. The third-order valence-electron chi connectivity index (χ3n) is 3.87. The Morgan fingerprint density at radius 1 is 1.19 bits per heavy atom. The van der Waals surface area contributed by atoms with Crippen molar-refractivity contribution in [3.63, 3.8) is 0 Å². The molecule has 0 radical (unpaired) electrons. The second kappa shape index (κ2) is 9.26. The van der Waals surface area contributed by atoms with Crippen molar-refractivity contribution in [1.29, 1.82) is 0 Å². The molecule has 144 valence electrons. The summed E-state index contributed by atoms with van der Waals surface area (Å²) >= 11 is 3.38. The molecule has 2 rings (SSSR count). The second-order valence-electron chi connectivity index (χ2n) is 7.21. The summed E-state index contributed by atoms with van der Waals surface area (Å²) in [6.45, 7) is 7.03. The summed E-state index contributed by atoms with van der Waals surface area (Å²) in [6, 6.07) is 7.49. The number of ether oxygens (including phenoxy) is 3. The first-order valence-corrected chi connectivity index (χ1v) is 9.57. The molecule has 0 bridgehead atoms. The van der Waals surface area contributed by atoms with Crippen LogP contribution in [0.15, 0.2) is 28.7 Å². The minimum atomic E-state index is -0.513. The van der Waals surface area contributed by atoms with Crippen LogP contribution in [0, 0.1) is 5.92 Å². The van der Waals surface area contributed by atoms with E-state index in [4.69, 9.17) is 14.2 Å². The van der Waals surface area contributed by atoms with Gasteiger partial charge in [0.2, 0.25) is 0 Å². The average Bonchev–Trinajstić information content (AvgIpc) is 2.57. The first-order valence-electron chi connectivity index (χ1n) is 8.77. The van der Waals surface area contributed by atoms with Crippen LogP contribution in [0.3, 0.4) is 0 Å². The molecular weight excluding hydrogens is 402 g/mol. The van der Waals surface area contributed by atoms with Crippen molar-refractivity contribution in [3.05, 3.63) is 28.7 Å². The SMILES string of the molecule is CC(C)(C)OC(=O)N1CCC(C(=O)OCCOc2cccc(Br)c2)CC1. The van der Waals surface area contributed by atoms with E-state index in [0.717, 1.165) is 10.2 Å². The van der Waals surface area contributed by atoms with E-state index in [1.165, 1.54) is 0 Å². The zero-order valence-electron chi connectivity index (χ0n) is 15.5. The first kappa shape index (κ1) is 20.6. The Balaban J connectivity index is 1.66. The Labute approximate surface area is 162 Å². The molecule has 1 aliphatic heterocycles. The molecule has 0 spiro atoms. The van der Waals surface area contributed by atoms with E-state index in [1.54, 1.807) is 4.90 Å². The van der Waals surface area contributed by atoms with Gasteiger partial charge < -0.3 is 19.1 Å². The molecule has 0 aliphatic carbocycles. The lowest BCUT2D eigenvalue weighted by Crippen LogP contribution is -2.43. The highest BCUT2D eigenvalue weighted by Crippen LogP contribution is 2.21. The van der Waals surface area contributed by atoms with Crippen LogP contribution in [0.5, 0.6) is 5.75 Å². The third-order valence-corrected chi connectivity index (χ3v) is 4.37. The molecule has 26 heavy (non-hydrogen) atoms. The quantitative estimate of drug-likeness (QED) is 0.524. The lowest BCUT2D eigenvalue weighted by Gasteiger charge is -2.32. The van der Waals surface area contributed by atoms with Gasteiger partial charge in [-0.3, -0.25) is 4.79 Å². The number of rotatable bonds is 5. The van der Waals surface area contributed by atoms with Crippen molar-refractivity contribution in [2.24, 2.45) is 5.92 Å². The number of hydrogen-bond acceptors (Lipinski definition) is 5. The molecule has 0 N–H and O–H groups in total. The van der Waals surface area contributed by atoms with E-state index in [1.807, 2.05) is 45.0 Å². The van der Waals surface area contributed by atoms with Crippen LogP contribution in [-0.4, -0.2) is 48.9 Å². The van der Waals surface area contributed by atoms with Crippen molar-refractivity contribution >= 4 is 28.0 Å². The highest BCUT2D eigenvalue weighted by molar-refractivity contribution is 9.10. The molecular formula is C19H26BrNO5. The molecule has 1 aromatic carbocycles. The van der Waals surface area contributed by atoms with Crippen LogP contribution in [-0.2, 0) is 14.3 Å². The number of amides is 1. The highest BCUT2D eigenvalue weighted by atomic mass is 79.9. The van der Waals surface area contributed by atoms with Crippen LogP contribution < -0.4 is 4.74 Å². The van der Waals surface area contributed by atoms with Crippen molar-refractivity contribution in [1.82, 2.24) is 4.90 Å². The minimum Gasteiger partial charge on any atom is -0.490 e. The number of esters is 1. The maximum atomic E-state index is 12.1. The molecule has 1 amide bonds. The predicted octanol–water partition coefficient (Wildman–Crippen LogP) is 4.02. The summed E-state index contributed by atoms with van der Waals surface area (Å²) in [7, 11) is 0. The van der Waals surface area contributed by atoms with Gasteiger partial charge in [-0.15, -0.1) is 0 Å². The number of carbonyl (C=O) groups is 2. The van der Waals surface area contributed by atoms with Crippen molar-refractivity contribution in [2.45, 2.75) is 39.2 Å². The van der Waals surface area contributed by atoms with Gasteiger partial charge in [0.05, 0.1) is 5.92 Å². The van der Waals surface area contributed by atoms with Crippen molar-refractivity contribution in [3.8, 4) is 5.75 Å². The third kappa shape index (κ3) is 6.86. The molecule has 0 saturated carbocycles. The predicted molar refractivity (Wildman–Crippen MR) is 101 cm³/mol.